The van der Waals surface area contributed by atoms with Crippen LogP contribution in [-0.4, -0.2) is 11.8 Å². The van der Waals surface area contributed by atoms with Crippen LogP contribution in [-0.2, 0) is 17.9 Å². The first-order valence-corrected chi connectivity index (χ1v) is 10.4. The molecule has 29 heavy (non-hydrogen) atoms. The van der Waals surface area contributed by atoms with Gasteiger partial charge in [-0.15, -0.1) is 11.3 Å². The number of amides is 2. The Kier molecular flexibility index (Phi) is 7.41. The highest BCUT2D eigenvalue weighted by Gasteiger charge is 2.07. The molecular weight excluding hydrogens is 384 g/mol. The van der Waals surface area contributed by atoms with Gasteiger partial charge in [-0.1, -0.05) is 31.2 Å². The van der Waals surface area contributed by atoms with Crippen LogP contribution in [0.5, 0.6) is 5.75 Å². The first-order chi connectivity index (χ1) is 14.1. The van der Waals surface area contributed by atoms with Crippen LogP contribution in [0.3, 0.4) is 0 Å². The van der Waals surface area contributed by atoms with Crippen molar-refractivity contribution in [3.63, 3.8) is 0 Å². The third-order valence-corrected chi connectivity index (χ3v) is 5.08. The second-order valence-corrected chi connectivity index (χ2v) is 7.61. The van der Waals surface area contributed by atoms with E-state index in [1.165, 1.54) is 0 Å². The van der Waals surface area contributed by atoms with Gasteiger partial charge in [-0.3, -0.25) is 9.59 Å². The quantitative estimate of drug-likeness (QED) is 0.524. The number of hydrogen-bond donors (Lipinski definition) is 2. The van der Waals surface area contributed by atoms with Crippen LogP contribution in [0, 0.1) is 0 Å². The molecule has 0 saturated heterocycles. The summed E-state index contributed by atoms with van der Waals surface area (Å²) in [5.74, 6) is 0.514. The van der Waals surface area contributed by atoms with Crippen molar-refractivity contribution < 1.29 is 14.3 Å². The van der Waals surface area contributed by atoms with E-state index in [1.54, 1.807) is 23.5 Å². The number of benzene rings is 2. The molecule has 2 amide bonds. The van der Waals surface area contributed by atoms with Gasteiger partial charge < -0.3 is 15.4 Å². The number of anilines is 1. The number of nitrogens with one attached hydrogen (secondary N) is 2. The molecule has 0 fully saturated rings. The minimum atomic E-state index is -0.160. The third kappa shape index (κ3) is 6.47. The van der Waals surface area contributed by atoms with Crippen molar-refractivity contribution in [2.45, 2.75) is 32.9 Å². The summed E-state index contributed by atoms with van der Waals surface area (Å²) >= 11 is 1.64. The fraction of sp³-hybridized carbons (Fsp3) is 0.217. The van der Waals surface area contributed by atoms with E-state index >= 15 is 0 Å². The third-order valence-electron chi connectivity index (χ3n) is 4.23. The first-order valence-electron chi connectivity index (χ1n) is 9.56. The van der Waals surface area contributed by atoms with Crippen molar-refractivity contribution >= 4 is 28.8 Å². The molecule has 0 unspecified atom stereocenters. The maximum atomic E-state index is 12.5. The normalized spacial score (nSPS) is 10.4. The van der Waals surface area contributed by atoms with Crippen LogP contribution >= 0.6 is 11.3 Å². The number of carbonyl (C=O) groups is 2. The fourth-order valence-electron chi connectivity index (χ4n) is 2.72. The molecular formula is C23H24N2O3S. The summed E-state index contributed by atoms with van der Waals surface area (Å²) in [6.45, 7) is 2.86. The summed E-state index contributed by atoms with van der Waals surface area (Å²) in [7, 11) is 0. The molecule has 0 aliphatic carbocycles. The van der Waals surface area contributed by atoms with Gasteiger partial charge in [-0.05, 0) is 53.8 Å². The number of hydrogen-bond acceptors (Lipinski definition) is 4. The summed E-state index contributed by atoms with van der Waals surface area (Å²) in [6.07, 6.45) is 1.32. The molecule has 0 bridgehead atoms. The number of rotatable bonds is 9. The summed E-state index contributed by atoms with van der Waals surface area (Å²) in [5, 5.41) is 7.77. The van der Waals surface area contributed by atoms with Crippen molar-refractivity contribution in [3.8, 4) is 5.75 Å². The summed E-state index contributed by atoms with van der Waals surface area (Å²) in [6, 6.07) is 18.6. The van der Waals surface area contributed by atoms with Crippen LogP contribution < -0.4 is 15.4 Å². The standard InChI is InChI=1S/C23H24N2O3S/c1-2-5-22(26)25-19-11-9-17(10-12-19)15-24-23(27)18-6-3-7-20(14-18)28-16-21-8-4-13-29-21/h3-4,6-14H,2,5,15-16H2,1H3,(H,24,27)(H,25,26). The van der Waals surface area contributed by atoms with Crippen molar-refractivity contribution in [3.05, 3.63) is 82.0 Å². The second kappa shape index (κ2) is 10.4. The predicted molar refractivity (Wildman–Crippen MR) is 116 cm³/mol. The van der Waals surface area contributed by atoms with E-state index in [0.29, 0.717) is 30.9 Å². The largest absolute Gasteiger partial charge is 0.488 e. The van der Waals surface area contributed by atoms with E-state index in [0.717, 1.165) is 22.5 Å². The van der Waals surface area contributed by atoms with Gasteiger partial charge in [0, 0.05) is 29.1 Å². The SMILES string of the molecule is CCCC(=O)Nc1ccc(CNC(=O)c2cccc(OCc3cccs3)c2)cc1. The van der Waals surface area contributed by atoms with Crippen molar-refractivity contribution in [1.29, 1.82) is 0 Å². The highest BCUT2D eigenvalue weighted by molar-refractivity contribution is 7.09. The molecule has 0 aliphatic rings. The van der Waals surface area contributed by atoms with Gasteiger partial charge in [0.25, 0.3) is 5.91 Å². The van der Waals surface area contributed by atoms with E-state index < -0.39 is 0 Å². The molecule has 6 heteroatoms. The van der Waals surface area contributed by atoms with E-state index in [1.807, 2.05) is 60.8 Å². The van der Waals surface area contributed by atoms with Gasteiger partial charge in [0.15, 0.2) is 0 Å². The number of thiophene rings is 1. The van der Waals surface area contributed by atoms with E-state index in [-0.39, 0.29) is 11.8 Å². The molecule has 3 aromatic rings. The Morgan fingerprint density at radius 2 is 1.86 bits per heavy atom. The maximum absolute atomic E-state index is 12.5. The Morgan fingerprint density at radius 3 is 2.59 bits per heavy atom. The maximum Gasteiger partial charge on any atom is 0.251 e. The summed E-state index contributed by atoms with van der Waals surface area (Å²) in [5.41, 5.74) is 2.27. The van der Waals surface area contributed by atoms with Crippen molar-refractivity contribution in [2.75, 3.05) is 5.32 Å². The molecule has 1 aromatic heterocycles. The van der Waals surface area contributed by atoms with E-state index in [9.17, 15) is 9.59 Å². The minimum Gasteiger partial charge on any atom is -0.488 e. The zero-order valence-corrected chi connectivity index (χ0v) is 17.1. The van der Waals surface area contributed by atoms with Crippen molar-refractivity contribution in [2.24, 2.45) is 0 Å². The number of carbonyl (C=O) groups excluding carboxylic acids is 2. The summed E-state index contributed by atoms with van der Waals surface area (Å²) in [4.78, 5) is 25.2. The zero-order valence-electron chi connectivity index (χ0n) is 16.3. The van der Waals surface area contributed by atoms with Crippen LogP contribution in [0.15, 0.2) is 66.0 Å². The lowest BCUT2D eigenvalue weighted by Gasteiger charge is -2.09. The average Bonchev–Trinajstić information content (AvgIpc) is 3.25. The Balaban J connectivity index is 1.51. The smallest absolute Gasteiger partial charge is 0.251 e. The molecule has 0 saturated carbocycles. The molecule has 5 nitrogen and oxygen atoms in total. The molecule has 0 spiro atoms. The Labute approximate surface area is 174 Å². The Morgan fingerprint density at radius 1 is 1.03 bits per heavy atom. The van der Waals surface area contributed by atoms with Gasteiger partial charge in [-0.25, -0.2) is 0 Å². The average molecular weight is 409 g/mol. The highest BCUT2D eigenvalue weighted by Crippen LogP contribution is 2.17. The monoisotopic (exact) mass is 408 g/mol. The topological polar surface area (TPSA) is 67.4 Å². The van der Waals surface area contributed by atoms with Crippen LogP contribution in [0.4, 0.5) is 5.69 Å². The van der Waals surface area contributed by atoms with Gasteiger partial charge in [0.2, 0.25) is 5.91 Å². The second-order valence-electron chi connectivity index (χ2n) is 6.57. The lowest BCUT2D eigenvalue weighted by molar-refractivity contribution is -0.116. The van der Waals surface area contributed by atoms with Gasteiger partial charge in [0.1, 0.15) is 12.4 Å². The molecule has 3 rings (SSSR count). The van der Waals surface area contributed by atoms with Crippen LogP contribution in [0.2, 0.25) is 0 Å². The fourth-order valence-corrected chi connectivity index (χ4v) is 3.33. The van der Waals surface area contributed by atoms with Crippen molar-refractivity contribution in [1.82, 2.24) is 5.32 Å². The van der Waals surface area contributed by atoms with Crippen LogP contribution in [0.25, 0.3) is 0 Å². The lowest BCUT2D eigenvalue weighted by atomic mass is 10.1. The highest BCUT2D eigenvalue weighted by atomic mass is 32.1. The molecule has 0 aliphatic heterocycles. The molecule has 0 radical (unpaired) electrons. The molecule has 1 heterocycles. The minimum absolute atomic E-state index is 0.00901. The summed E-state index contributed by atoms with van der Waals surface area (Å²) < 4.78 is 5.76. The van der Waals surface area contributed by atoms with Crippen LogP contribution in [0.1, 0.15) is 40.6 Å². The van der Waals surface area contributed by atoms with Gasteiger partial charge in [0.05, 0.1) is 0 Å². The Bertz CT molecular complexity index is 937. The lowest BCUT2D eigenvalue weighted by Crippen LogP contribution is -2.22. The van der Waals surface area contributed by atoms with E-state index in [2.05, 4.69) is 10.6 Å². The van der Waals surface area contributed by atoms with Gasteiger partial charge in [-0.2, -0.15) is 0 Å². The molecule has 2 N–H and O–H groups in total. The molecule has 150 valence electrons. The van der Waals surface area contributed by atoms with Gasteiger partial charge >= 0.3 is 0 Å². The zero-order chi connectivity index (χ0) is 20.5. The first kappa shape index (κ1) is 20.6. The molecule has 0 atom stereocenters. The van der Waals surface area contributed by atoms with E-state index in [4.69, 9.17) is 4.74 Å². The Hall–Kier alpha value is -3.12. The number of ether oxygens (including phenoxy) is 1. The molecule has 2 aromatic carbocycles. The predicted octanol–water partition coefficient (Wildman–Crippen LogP) is 5.00.